The van der Waals surface area contributed by atoms with Gasteiger partial charge in [-0.2, -0.15) is 0 Å². The summed E-state index contributed by atoms with van der Waals surface area (Å²) < 4.78 is 0. The molecule has 0 aromatic heterocycles. The Labute approximate surface area is 161 Å². The standard InChI is InChI=1S/C23H26N2S/c26-23(18-8-2-1-3-9-18)25-13-6-10-19-16-24-14-12-17-7-4-5-11-20(17)22(24)15-21(19)25/h1-5,7-9,11,19,21-22H,6,10,12-16H2. The van der Waals surface area contributed by atoms with Gasteiger partial charge >= 0.3 is 0 Å². The highest BCUT2D eigenvalue weighted by molar-refractivity contribution is 7.80. The van der Waals surface area contributed by atoms with Gasteiger partial charge in [-0.25, -0.2) is 0 Å². The molecule has 0 amide bonds. The molecule has 3 atom stereocenters. The van der Waals surface area contributed by atoms with Crippen molar-refractivity contribution in [1.82, 2.24) is 9.80 Å². The number of fused-ring (bicyclic) bond motifs is 4. The van der Waals surface area contributed by atoms with Crippen molar-refractivity contribution < 1.29 is 0 Å². The van der Waals surface area contributed by atoms with Gasteiger partial charge in [0.25, 0.3) is 0 Å². The van der Waals surface area contributed by atoms with Crippen molar-refractivity contribution in [2.45, 2.75) is 37.8 Å². The molecule has 26 heavy (non-hydrogen) atoms. The summed E-state index contributed by atoms with van der Waals surface area (Å²) in [7, 11) is 0. The van der Waals surface area contributed by atoms with Crippen LogP contribution in [-0.4, -0.2) is 40.5 Å². The first-order valence-electron chi connectivity index (χ1n) is 9.99. The Morgan fingerprint density at radius 1 is 0.962 bits per heavy atom. The fourth-order valence-corrected chi connectivity index (χ4v) is 5.76. The Hall–Kier alpha value is -1.71. The molecule has 134 valence electrons. The summed E-state index contributed by atoms with van der Waals surface area (Å²) in [6.45, 7) is 3.56. The van der Waals surface area contributed by atoms with Crippen molar-refractivity contribution in [3.05, 3.63) is 71.3 Å². The molecular formula is C23H26N2S. The summed E-state index contributed by atoms with van der Waals surface area (Å²) in [6, 6.07) is 20.8. The number of rotatable bonds is 1. The van der Waals surface area contributed by atoms with Crippen LogP contribution in [0.4, 0.5) is 0 Å². The molecule has 2 aromatic rings. The third kappa shape index (κ3) is 2.78. The molecule has 0 radical (unpaired) electrons. The van der Waals surface area contributed by atoms with Gasteiger partial charge in [0, 0.05) is 37.3 Å². The molecule has 0 bridgehead atoms. The quantitative estimate of drug-likeness (QED) is 0.692. The van der Waals surface area contributed by atoms with Crippen LogP contribution in [0.5, 0.6) is 0 Å². The Balaban J connectivity index is 1.45. The van der Waals surface area contributed by atoms with Crippen LogP contribution in [0.25, 0.3) is 0 Å². The van der Waals surface area contributed by atoms with E-state index in [0.717, 1.165) is 17.5 Å². The van der Waals surface area contributed by atoms with Crippen LogP contribution in [0.3, 0.4) is 0 Å². The van der Waals surface area contributed by atoms with Crippen molar-refractivity contribution in [2.24, 2.45) is 5.92 Å². The molecule has 3 aliphatic heterocycles. The summed E-state index contributed by atoms with van der Waals surface area (Å²) in [4.78, 5) is 6.37. The van der Waals surface area contributed by atoms with Crippen molar-refractivity contribution in [3.8, 4) is 0 Å². The summed E-state index contributed by atoms with van der Waals surface area (Å²) in [5.41, 5.74) is 4.32. The smallest absolute Gasteiger partial charge is 0.109 e. The zero-order valence-corrected chi connectivity index (χ0v) is 16.0. The lowest BCUT2D eigenvalue weighted by Gasteiger charge is -2.53. The largest absolute Gasteiger partial charge is 0.359 e. The zero-order valence-electron chi connectivity index (χ0n) is 15.2. The van der Waals surface area contributed by atoms with Gasteiger partial charge in [0.1, 0.15) is 4.99 Å². The minimum Gasteiger partial charge on any atom is -0.359 e. The molecule has 0 N–H and O–H groups in total. The van der Waals surface area contributed by atoms with Gasteiger partial charge < -0.3 is 4.90 Å². The number of likely N-dealkylation sites (tertiary alicyclic amines) is 1. The second kappa shape index (κ2) is 6.79. The molecule has 0 aliphatic carbocycles. The number of thiocarbonyl (C=S) groups is 1. The molecule has 5 rings (SSSR count). The number of hydrogen-bond acceptors (Lipinski definition) is 2. The van der Waals surface area contributed by atoms with Gasteiger partial charge in [0.05, 0.1) is 0 Å². The zero-order chi connectivity index (χ0) is 17.5. The normalized spacial score (nSPS) is 28.0. The van der Waals surface area contributed by atoms with E-state index in [0.29, 0.717) is 12.1 Å². The Bertz CT molecular complexity index is 803. The van der Waals surface area contributed by atoms with Crippen LogP contribution < -0.4 is 0 Å². The maximum Gasteiger partial charge on any atom is 0.109 e. The molecule has 3 heterocycles. The highest BCUT2D eigenvalue weighted by Crippen LogP contribution is 2.43. The minimum absolute atomic E-state index is 0.570. The second-order valence-electron chi connectivity index (χ2n) is 8.03. The molecule has 0 saturated carbocycles. The molecule has 2 aromatic carbocycles. The number of benzene rings is 2. The second-order valence-corrected chi connectivity index (χ2v) is 8.42. The topological polar surface area (TPSA) is 6.48 Å². The fourth-order valence-electron chi connectivity index (χ4n) is 5.40. The van der Waals surface area contributed by atoms with Crippen molar-refractivity contribution in [1.29, 1.82) is 0 Å². The van der Waals surface area contributed by atoms with Crippen molar-refractivity contribution in [3.63, 3.8) is 0 Å². The molecule has 3 heteroatoms. The highest BCUT2D eigenvalue weighted by atomic mass is 32.1. The van der Waals surface area contributed by atoms with Crippen LogP contribution in [0, 0.1) is 5.92 Å². The SMILES string of the molecule is S=C(c1ccccc1)N1CCCC2CN3CCc4ccccc4C3CC21. The molecule has 2 fully saturated rings. The number of nitrogens with zero attached hydrogens (tertiary/aromatic N) is 2. The first kappa shape index (κ1) is 16.5. The Morgan fingerprint density at radius 3 is 2.65 bits per heavy atom. The van der Waals surface area contributed by atoms with Gasteiger partial charge in [-0.3, -0.25) is 4.90 Å². The van der Waals surface area contributed by atoms with E-state index in [1.165, 1.54) is 44.3 Å². The molecular weight excluding hydrogens is 336 g/mol. The monoisotopic (exact) mass is 362 g/mol. The van der Waals surface area contributed by atoms with E-state index in [9.17, 15) is 0 Å². The molecule has 2 nitrogen and oxygen atoms in total. The van der Waals surface area contributed by atoms with Gasteiger partial charge in [-0.15, -0.1) is 0 Å². The minimum atomic E-state index is 0.570. The molecule has 3 unspecified atom stereocenters. The molecule has 3 aliphatic rings. The number of hydrogen-bond donors (Lipinski definition) is 0. The first-order valence-corrected chi connectivity index (χ1v) is 10.4. The van der Waals surface area contributed by atoms with E-state index < -0.39 is 0 Å². The number of piperidine rings is 2. The molecule has 0 spiro atoms. The summed E-state index contributed by atoms with van der Waals surface area (Å²) in [5, 5.41) is 0. The van der Waals surface area contributed by atoms with E-state index in [-0.39, 0.29) is 0 Å². The lowest BCUT2D eigenvalue weighted by Crippen LogP contribution is -2.57. The Morgan fingerprint density at radius 2 is 1.77 bits per heavy atom. The maximum absolute atomic E-state index is 5.95. The van der Waals surface area contributed by atoms with Crippen LogP contribution in [-0.2, 0) is 6.42 Å². The van der Waals surface area contributed by atoms with E-state index in [1.807, 2.05) is 0 Å². The van der Waals surface area contributed by atoms with E-state index in [4.69, 9.17) is 12.2 Å². The third-order valence-electron chi connectivity index (χ3n) is 6.66. The van der Waals surface area contributed by atoms with E-state index in [2.05, 4.69) is 64.4 Å². The Kier molecular flexibility index (Phi) is 4.30. The fraction of sp³-hybridized carbons (Fsp3) is 0.435. The van der Waals surface area contributed by atoms with Gasteiger partial charge in [0.2, 0.25) is 0 Å². The average Bonchev–Trinajstić information content (AvgIpc) is 2.72. The van der Waals surface area contributed by atoms with Crippen LogP contribution in [0.1, 0.15) is 42.0 Å². The van der Waals surface area contributed by atoms with Crippen LogP contribution in [0.2, 0.25) is 0 Å². The van der Waals surface area contributed by atoms with Crippen LogP contribution in [0.15, 0.2) is 54.6 Å². The van der Waals surface area contributed by atoms with E-state index >= 15 is 0 Å². The predicted octanol–water partition coefficient (Wildman–Crippen LogP) is 4.45. The average molecular weight is 363 g/mol. The summed E-state index contributed by atoms with van der Waals surface area (Å²) in [6.07, 6.45) is 5.04. The predicted molar refractivity (Wildman–Crippen MR) is 110 cm³/mol. The van der Waals surface area contributed by atoms with Crippen molar-refractivity contribution in [2.75, 3.05) is 19.6 Å². The third-order valence-corrected chi connectivity index (χ3v) is 7.13. The van der Waals surface area contributed by atoms with Gasteiger partial charge in [0.15, 0.2) is 0 Å². The van der Waals surface area contributed by atoms with Gasteiger partial charge in [-0.05, 0) is 42.7 Å². The lowest BCUT2D eigenvalue weighted by atomic mass is 9.76. The molecule has 2 saturated heterocycles. The maximum atomic E-state index is 5.95. The van der Waals surface area contributed by atoms with Crippen LogP contribution >= 0.6 is 12.2 Å². The highest BCUT2D eigenvalue weighted by Gasteiger charge is 2.43. The summed E-state index contributed by atoms with van der Waals surface area (Å²) in [5.74, 6) is 0.756. The first-order chi connectivity index (χ1) is 12.8. The van der Waals surface area contributed by atoms with Crippen molar-refractivity contribution >= 4 is 17.2 Å². The summed E-state index contributed by atoms with van der Waals surface area (Å²) >= 11 is 5.95. The van der Waals surface area contributed by atoms with E-state index in [1.54, 1.807) is 11.1 Å². The lowest BCUT2D eigenvalue weighted by molar-refractivity contribution is 0.0180. The van der Waals surface area contributed by atoms with Gasteiger partial charge in [-0.1, -0.05) is 66.8 Å².